The number of rotatable bonds is 1. The van der Waals surface area contributed by atoms with Gasteiger partial charge in [-0.2, -0.15) is 0 Å². The fraction of sp³-hybridized carbons (Fsp3) is 0.105. The van der Waals surface area contributed by atoms with Gasteiger partial charge in [-0.3, -0.25) is 0 Å². The van der Waals surface area contributed by atoms with Gasteiger partial charge in [0.2, 0.25) is 6.79 Å². The molecule has 0 atom stereocenters. The van der Waals surface area contributed by atoms with Crippen molar-refractivity contribution in [1.82, 2.24) is 9.55 Å². The molecule has 112 valence electrons. The van der Waals surface area contributed by atoms with Crippen LogP contribution in [0.4, 0.5) is 0 Å². The molecule has 23 heavy (non-hydrogen) atoms. The van der Waals surface area contributed by atoms with Crippen molar-refractivity contribution in [3.05, 3.63) is 54.6 Å². The monoisotopic (exact) mass is 302 g/mol. The number of fused-ring (bicyclic) bond motifs is 4. The molecule has 3 aromatic carbocycles. The molecule has 1 aliphatic heterocycles. The second-order valence-corrected chi connectivity index (χ2v) is 5.72. The lowest BCUT2D eigenvalue weighted by molar-refractivity contribution is 0.174. The number of aromatic nitrogens is 2. The number of nitrogens with zero attached hydrogens (tertiary/aromatic N) is 2. The maximum Gasteiger partial charge on any atom is 0.231 e. The molecular formula is C19H14N2O2. The first-order valence-corrected chi connectivity index (χ1v) is 7.55. The van der Waals surface area contributed by atoms with Crippen molar-refractivity contribution in [1.29, 1.82) is 0 Å². The average molecular weight is 302 g/mol. The Balaban J connectivity index is 1.79. The normalized spacial score (nSPS) is 13.1. The number of hydrogen-bond donors (Lipinski definition) is 0. The van der Waals surface area contributed by atoms with Crippen LogP contribution in [-0.2, 0) is 7.05 Å². The molecule has 0 fully saturated rings. The Morgan fingerprint density at radius 2 is 1.83 bits per heavy atom. The predicted octanol–water partition coefficient (Wildman–Crippen LogP) is 4.12. The number of ether oxygens (including phenoxy) is 2. The maximum atomic E-state index is 5.49. The largest absolute Gasteiger partial charge is 0.454 e. The molecule has 4 heteroatoms. The molecular weight excluding hydrogens is 288 g/mol. The highest BCUT2D eigenvalue weighted by atomic mass is 16.7. The van der Waals surface area contributed by atoms with Crippen LogP contribution in [0.2, 0.25) is 0 Å². The molecule has 0 aliphatic carbocycles. The van der Waals surface area contributed by atoms with Crippen LogP contribution in [0, 0.1) is 0 Å². The molecule has 1 aliphatic rings. The van der Waals surface area contributed by atoms with E-state index in [1.807, 2.05) is 25.2 Å². The minimum atomic E-state index is 0.284. The molecule has 4 nitrogen and oxygen atoms in total. The van der Waals surface area contributed by atoms with Gasteiger partial charge in [-0.25, -0.2) is 4.98 Å². The van der Waals surface area contributed by atoms with Gasteiger partial charge in [-0.15, -0.1) is 0 Å². The number of hydrogen-bond acceptors (Lipinski definition) is 3. The van der Waals surface area contributed by atoms with Crippen LogP contribution in [0.1, 0.15) is 0 Å². The van der Waals surface area contributed by atoms with Crippen molar-refractivity contribution < 1.29 is 9.47 Å². The van der Waals surface area contributed by atoms with Gasteiger partial charge in [0.1, 0.15) is 5.82 Å². The Bertz CT molecular complexity index is 1070. The molecule has 5 rings (SSSR count). The molecule has 4 aromatic rings. The van der Waals surface area contributed by atoms with Crippen molar-refractivity contribution in [3.8, 4) is 22.9 Å². The van der Waals surface area contributed by atoms with E-state index in [1.54, 1.807) is 0 Å². The van der Waals surface area contributed by atoms with Crippen molar-refractivity contribution in [2.24, 2.45) is 7.05 Å². The Kier molecular flexibility index (Phi) is 2.45. The van der Waals surface area contributed by atoms with Gasteiger partial charge >= 0.3 is 0 Å². The molecule has 0 unspecified atom stereocenters. The van der Waals surface area contributed by atoms with Crippen molar-refractivity contribution in [2.75, 3.05) is 6.79 Å². The van der Waals surface area contributed by atoms with Crippen molar-refractivity contribution in [3.63, 3.8) is 0 Å². The quantitative estimate of drug-likeness (QED) is 0.530. The van der Waals surface area contributed by atoms with E-state index in [-0.39, 0.29) is 6.79 Å². The van der Waals surface area contributed by atoms with Crippen LogP contribution < -0.4 is 9.47 Å². The summed E-state index contributed by atoms with van der Waals surface area (Å²) in [5, 5.41) is 2.38. The Labute approximate surface area is 132 Å². The van der Waals surface area contributed by atoms with Gasteiger partial charge in [-0.05, 0) is 29.7 Å². The van der Waals surface area contributed by atoms with Gasteiger partial charge < -0.3 is 14.0 Å². The molecule has 0 bridgehead atoms. The van der Waals surface area contributed by atoms with E-state index in [9.17, 15) is 0 Å². The van der Waals surface area contributed by atoms with E-state index in [0.717, 1.165) is 33.9 Å². The minimum Gasteiger partial charge on any atom is -0.454 e. The summed E-state index contributed by atoms with van der Waals surface area (Å²) in [6.07, 6.45) is 0. The zero-order valence-electron chi connectivity index (χ0n) is 12.6. The van der Waals surface area contributed by atoms with Crippen molar-refractivity contribution >= 4 is 21.8 Å². The van der Waals surface area contributed by atoms with Gasteiger partial charge in [-0.1, -0.05) is 30.3 Å². The standard InChI is InChI=1S/C19H14N2O2/c1-21-15-8-6-12-4-2-3-5-14(12)18(15)20-19(21)13-7-9-16-17(10-13)23-11-22-16/h2-10H,11H2,1H3. The van der Waals surface area contributed by atoms with E-state index in [2.05, 4.69) is 41.0 Å². The SMILES string of the molecule is Cn1c(-c2ccc3c(c2)OCO3)nc2c3ccccc3ccc21. The van der Waals surface area contributed by atoms with Crippen LogP contribution >= 0.6 is 0 Å². The third-order valence-corrected chi connectivity index (χ3v) is 4.41. The summed E-state index contributed by atoms with van der Waals surface area (Å²) in [6, 6.07) is 18.6. The van der Waals surface area contributed by atoms with E-state index >= 15 is 0 Å². The first kappa shape index (κ1) is 12.5. The molecule has 0 spiro atoms. The lowest BCUT2D eigenvalue weighted by Gasteiger charge is -2.04. The average Bonchev–Trinajstić information content (AvgIpc) is 3.19. The lowest BCUT2D eigenvalue weighted by atomic mass is 10.1. The number of aryl methyl sites for hydroxylation is 1. The molecule has 1 aromatic heterocycles. The van der Waals surface area contributed by atoms with Gasteiger partial charge in [0, 0.05) is 18.0 Å². The predicted molar refractivity (Wildman–Crippen MR) is 89.8 cm³/mol. The lowest BCUT2D eigenvalue weighted by Crippen LogP contribution is -1.93. The van der Waals surface area contributed by atoms with Gasteiger partial charge in [0.25, 0.3) is 0 Å². The third-order valence-electron chi connectivity index (χ3n) is 4.41. The van der Waals surface area contributed by atoms with E-state index in [1.165, 1.54) is 10.8 Å². The summed E-state index contributed by atoms with van der Waals surface area (Å²) in [6.45, 7) is 0.284. The van der Waals surface area contributed by atoms with E-state index in [4.69, 9.17) is 14.5 Å². The number of benzene rings is 3. The second-order valence-electron chi connectivity index (χ2n) is 5.72. The zero-order valence-corrected chi connectivity index (χ0v) is 12.6. The first-order valence-electron chi connectivity index (χ1n) is 7.55. The van der Waals surface area contributed by atoms with E-state index < -0.39 is 0 Å². The maximum absolute atomic E-state index is 5.49. The molecule has 0 saturated heterocycles. The van der Waals surface area contributed by atoms with Gasteiger partial charge in [0.15, 0.2) is 11.5 Å². The van der Waals surface area contributed by atoms with Gasteiger partial charge in [0.05, 0.1) is 11.0 Å². The van der Waals surface area contributed by atoms with Crippen LogP contribution in [0.15, 0.2) is 54.6 Å². The Hall–Kier alpha value is -3.01. The van der Waals surface area contributed by atoms with Crippen molar-refractivity contribution in [2.45, 2.75) is 0 Å². The molecule has 0 saturated carbocycles. The fourth-order valence-electron chi connectivity index (χ4n) is 3.22. The fourth-order valence-corrected chi connectivity index (χ4v) is 3.22. The topological polar surface area (TPSA) is 36.3 Å². The molecule has 2 heterocycles. The van der Waals surface area contributed by atoms with E-state index in [0.29, 0.717) is 0 Å². The van der Waals surface area contributed by atoms with Crippen LogP contribution in [0.5, 0.6) is 11.5 Å². The molecule has 0 amide bonds. The second kappa shape index (κ2) is 4.49. The summed E-state index contributed by atoms with van der Waals surface area (Å²) < 4.78 is 13.0. The third kappa shape index (κ3) is 1.75. The van der Waals surface area contributed by atoms with Crippen LogP contribution in [0.25, 0.3) is 33.2 Å². The number of imidazole rings is 1. The summed E-state index contributed by atoms with van der Waals surface area (Å²) in [5.41, 5.74) is 3.17. The smallest absolute Gasteiger partial charge is 0.231 e. The summed E-state index contributed by atoms with van der Waals surface area (Å²) in [5.74, 6) is 2.49. The highest BCUT2D eigenvalue weighted by Gasteiger charge is 2.17. The Morgan fingerprint density at radius 3 is 2.78 bits per heavy atom. The first-order chi connectivity index (χ1) is 11.3. The van der Waals surface area contributed by atoms with Crippen LogP contribution in [-0.4, -0.2) is 16.3 Å². The molecule has 0 radical (unpaired) electrons. The summed E-state index contributed by atoms with van der Waals surface area (Å²) >= 11 is 0. The highest BCUT2D eigenvalue weighted by molar-refractivity contribution is 6.05. The Morgan fingerprint density at radius 1 is 0.957 bits per heavy atom. The molecule has 0 N–H and O–H groups in total. The summed E-state index contributed by atoms with van der Waals surface area (Å²) in [4.78, 5) is 4.90. The minimum absolute atomic E-state index is 0.284. The zero-order chi connectivity index (χ0) is 15.4. The highest BCUT2D eigenvalue weighted by Crippen LogP contribution is 2.37. The summed E-state index contributed by atoms with van der Waals surface area (Å²) in [7, 11) is 2.05. The van der Waals surface area contributed by atoms with Crippen LogP contribution in [0.3, 0.4) is 0 Å².